The van der Waals surface area contributed by atoms with Crippen molar-refractivity contribution in [3.8, 4) is 0 Å². The average Bonchev–Trinajstić information content (AvgIpc) is 2.50. The zero-order chi connectivity index (χ0) is 20.7. The van der Waals surface area contributed by atoms with Crippen molar-refractivity contribution >= 4 is 36.9 Å². The number of carbonyl (C=O) groups excluding carboxylic acids is 2. The summed E-state index contributed by atoms with van der Waals surface area (Å²) in [7, 11) is -5.66. The van der Waals surface area contributed by atoms with Crippen molar-refractivity contribution in [2.45, 2.75) is 64.7 Å². The molecule has 0 aliphatic carbocycles. The Kier molecular flexibility index (Phi) is 8.81. The molecule has 0 radical (unpaired) electrons. The van der Waals surface area contributed by atoms with E-state index in [0.717, 1.165) is 12.5 Å². The predicted molar refractivity (Wildman–Crippen MR) is 116 cm³/mol. The van der Waals surface area contributed by atoms with Crippen LogP contribution in [0.3, 0.4) is 0 Å². The van der Waals surface area contributed by atoms with E-state index in [-0.39, 0.29) is 6.61 Å². The van der Waals surface area contributed by atoms with Crippen LogP contribution in [0.15, 0.2) is 30.3 Å². The van der Waals surface area contributed by atoms with Gasteiger partial charge in [0.05, 0.1) is 6.61 Å². The molecule has 5 nitrogen and oxygen atoms in total. The third-order valence-electron chi connectivity index (χ3n) is 3.52. The molecule has 1 aromatic carbocycles. The molecule has 0 bridgehead atoms. The van der Waals surface area contributed by atoms with Crippen LogP contribution in [0.4, 0.5) is 0 Å². The molecule has 0 unspecified atom stereocenters. The second kappa shape index (κ2) is 9.92. The van der Waals surface area contributed by atoms with E-state index in [9.17, 15) is 9.59 Å². The van der Waals surface area contributed by atoms with Gasteiger partial charge in [0.2, 0.25) is 0 Å². The van der Waals surface area contributed by atoms with Crippen LogP contribution >= 0.6 is 0 Å². The Morgan fingerprint density at radius 2 is 1.33 bits per heavy atom. The molecule has 0 aromatic heterocycles. The number of esters is 1. The Labute approximate surface area is 166 Å². The van der Waals surface area contributed by atoms with Crippen LogP contribution < -0.4 is 0 Å². The van der Waals surface area contributed by atoms with E-state index in [2.05, 4.69) is 45.8 Å². The van der Waals surface area contributed by atoms with Crippen LogP contribution in [0.1, 0.15) is 23.2 Å². The van der Waals surface area contributed by atoms with E-state index in [4.69, 9.17) is 13.0 Å². The van der Waals surface area contributed by atoms with E-state index >= 15 is 0 Å². The number of hydrogen-bond donors (Lipinski definition) is 0. The van der Waals surface area contributed by atoms with Crippen molar-refractivity contribution in [2.24, 2.45) is 0 Å². The fourth-order valence-electron chi connectivity index (χ4n) is 2.90. The fraction of sp³-hybridized carbons (Fsp3) is 0.579. The Morgan fingerprint density at radius 1 is 0.815 bits per heavy atom. The first-order valence-electron chi connectivity index (χ1n) is 9.48. The first-order chi connectivity index (χ1) is 12.3. The lowest BCUT2D eigenvalue weighted by molar-refractivity contribution is -0.138. The van der Waals surface area contributed by atoms with Crippen molar-refractivity contribution in [3.63, 3.8) is 0 Å². The summed E-state index contributed by atoms with van der Waals surface area (Å²) in [6.07, 6.45) is 1.55. The molecule has 0 aliphatic rings. The first-order valence-corrected chi connectivity index (χ1v) is 18.8. The number of carbonyl (C=O) groups is 2. The Hall–Kier alpha value is -1.07. The molecule has 1 rings (SSSR count). The summed E-state index contributed by atoms with van der Waals surface area (Å²) >= 11 is 0. The molecule has 0 amide bonds. The van der Waals surface area contributed by atoms with E-state index in [1.54, 1.807) is 30.3 Å². The van der Waals surface area contributed by atoms with E-state index in [0.29, 0.717) is 12.0 Å². The smallest absolute Gasteiger partial charge is 0.379 e. The summed E-state index contributed by atoms with van der Waals surface area (Å²) < 4.78 is 18.0. The lowest BCUT2D eigenvalue weighted by atomic mass is 10.1. The van der Waals surface area contributed by atoms with Gasteiger partial charge in [-0.05, 0) is 64.7 Å². The number of ether oxygens (including phenoxy) is 1. The van der Waals surface area contributed by atoms with Gasteiger partial charge in [-0.1, -0.05) is 30.3 Å². The number of Topliss-reactive ketones (excluding diaryl/α,β-unsaturated/α-hetero) is 1. The van der Waals surface area contributed by atoms with Crippen molar-refractivity contribution < 1.29 is 22.6 Å². The monoisotopic (exact) mass is 426 g/mol. The minimum Gasteiger partial charge on any atom is -0.460 e. The number of ketones is 1. The highest BCUT2D eigenvalue weighted by molar-refractivity contribution is 6.87. The van der Waals surface area contributed by atoms with E-state index < -0.39 is 36.9 Å². The van der Waals surface area contributed by atoms with Crippen molar-refractivity contribution in [3.05, 3.63) is 35.9 Å². The summed E-state index contributed by atoms with van der Waals surface area (Å²) in [5, 5.41) is 0. The van der Waals surface area contributed by atoms with Gasteiger partial charge in [0.1, 0.15) is 0 Å². The van der Waals surface area contributed by atoms with Crippen molar-refractivity contribution in [2.75, 3.05) is 6.61 Å². The molecule has 0 spiro atoms. The molecule has 0 atom stereocenters. The van der Waals surface area contributed by atoms with E-state index in [1.807, 2.05) is 0 Å². The molecule has 152 valence electrons. The van der Waals surface area contributed by atoms with E-state index in [1.165, 1.54) is 0 Å². The molecular weight excluding hydrogens is 392 g/mol. The Balaban J connectivity index is 2.47. The standard InChI is InChI=1S/C19H34O5Si3/c1-25(2,3)23-27(7,24-26(4,5)6)16-12-11-15-22-19(21)18(20)17-13-9-8-10-14-17/h8-10,13-14H,11-12,15-16H2,1-7H3. The van der Waals surface area contributed by atoms with Crippen LogP contribution in [-0.4, -0.2) is 43.6 Å². The minimum atomic E-state index is -2.26. The summed E-state index contributed by atoms with van der Waals surface area (Å²) in [6.45, 7) is 15.5. The molecule has 0 saturated heterocycles. The third kappa shape index (κ3) is 10.2. The van der Waals surface area contributed by atoms with Crippen LogP contribution in [0, 0.1) is 0 Å². The summed E-state index contributed by atoms with van der Waals surface area (Å²) in [5.74, 6) is -1.39. The molecule has 0 aliphatic heterocycles. The predicted octanol–water partition coefficient (Wildman–Crippen LogP) is 4.97. The average molecular weight is 427 g/mol. The molecule has 1 aromatic rings. The topological polar surface area (TPSA) is 61.8 Å². The van der Waals surface area contributed by atoms with Gasteiger partial charge in [-0.3, -0.25) is 4.79 Å². The summed E-state index contributed by atoms with van der Waals surface area (Å²) in [4.78, 5) is 23.9. The second-order valence-electron chi connectivity index (χ2n) is 8.85. The van der Waals surface area contributed by atoms with Crippen LogP contribution in [0.5, 0.6) is 0 Å². The van der Waals surface area contributed by atoms with Gasteiger partial charge in [-0.15, -0.1) is 0 Å². The highest BCUT2D eigenvalue weighted by atomic mass is 28.5. The lowest BCUT2D eigenvalue weighted by Gasteiger charge is -2.38. The van der Waals surface area contributed by atoms with Gasteiger partial charge in [-0.25, -0.2) is 4.79 Å². The van der Waals surface area contributed by atoms with Gasteiger partial charge in [0, 0.05) is 5.56 Å². The molecule has 0 fully saturated rings. The first kappa shape index (κ1) is 24.0. The number of unbranched alkanes of at least 4 members (excludes halogenated alkanes) is 1. The normalized spacial score (nSPS) is 12.7. The van der Waals surface area contributed by atoms with Gasteiger partial charge in [-0.2, -0.15) is 0 Å². The van der Waals surface area contributed by atoms with Crippen LogP contribution in [-0.2, 0) is 17.8 Å². The number of rotatable bonds is 11. The van der Waals surface area contributed by atoms with Crippen molar-refractivity contribution in [1.82, 2.24) is 0 Å². The number of hydrogen-bond acceptors (Lipinski definition) is 5. The van der Waals surface area contributed by atoms with Gasteiger partial charge in [0.25, 0.3) is 5.78 Å². The molecule has 0 N–H and O–H groups in total. The van der Waals surface area contributed by atoms with Gasteiger partial charge in [0.15, 0.2) is 16.6 Å². The highest BCUT2D eigenvalue weighted by Gasteiger charge is 2.39. The summed E-state index contributed by atoms with van der Waals surface area (Å²) in [5.41, 5.74) is 0.356. The molecule has 0 heterocycles. The second-order valence-corrected chi connectivity index (χ2v) is 21.7. The zero-order valence-electron chi connectivity index (χ0n) is 17.8. The van der Waals surface area contributed by atoms with Gasteiger partial charge < -0.3 is 13.0 Å². The SMILES string of the molecule is C[Si](C)(C)O[Si](C)(CCCCOC(=O)C(=O)c1ccccc1)O[Si](C)(C)C. The van der Waals surface area contributed by atoms with Crippen LogP contribution in [0.25, 0.3) is 0 Å². The Morgan fingerprint density at radius 3 is 1.81 bits per heavy atom. The maximum absolute atomic E-state index is 12.0. The zero-order valence-corrected chi connectivity index (χ0v) is 20.8. The maximum atomic E-state index is 12.0. The quantitative estimate of drug-likeness (QED) is 0.164. The highest BCUT2D eigenvalue weighted by Crippen LogP contribution is 2.26. The van der Waals surface area contributed by atoms with Crippen molar-refractivity contribution in [1.29, 1.82) is 0 Å². The molecule has 8 heteroatoms. The maximum Gasteiger partial charge on any atom is 0.379 e. The van der Waals surface area contributed by atoms with Crippen LogP contribution in [0.2, 0.25) is 51.9 Å². The fourth-order valence-corrected chi connectivity index (χ4v) is 15.5. The lowest BCUT2D eigenvalue weighted by Crippen LogP contribution is -2.52. The van der Waals surface area contributed by atoms with Gasteiger partial charge >= 0.3 is 14.5 Å². The minimum absolute atomic E-state index is 0.238. The largest absolute Gasteiger partial charge is 0.460 e. The molecular formula is C19H34O5Si3. The number of benzene rings is 1. The summed E-state index contributed by atoms with van der Waals surface area (Å²) in [6, 6.07) is 9.34. The molecule has 27 heavy (non-hydrogen) atoms. The Bertz CT molecular complexity index is 604. The third-order valence-corrected chi connectivity index (χ3v) is 13.1. The molecule has 0 saturated carbocycles.